The molecule has 8 nitrogen and oxygen atoms in total. The summed E-state index contributed by atoms with van der Waals surface area (Å²) in [6, 6.07) is 9.57. The Hall–Kier alpha value is -3.07. The number of methoxy groups -OCH3 is 1. The quantitative estimate of drug-likeness (QED) is 0.625. The number of ether oxygens (including phenoxy) is 1. The molecule has 0 fully saturated rings. The van der Waals surface area contributed by atoms with Crippen molar-refractivity contribution in [2.75, 3.05) is 18.6 Å². The lowest BCUT2D eigenvalue weighted by Gasteiger charge is -2.39. The van der Waals surface area contributed by atoms with Crippen molar-refractivity contribution in [3.63, 3.8) is 0 Å². The minimum Gasteiger partial charge on any atom is -0.497 e. The Morgan fingerprint density at radius 3 is 2.84 bits per heavy atom. The van der Waals surface area contributed by atoms with E-state index in [4.69, 9.17) is 4.74 Å². The molecule has 0 aliphatic carbocycles. The van der Waals surface area contributed by atoms with Gasteiger partial charge in [0.25, 0.3) is 5.91 Å². The SMILES string of the molecule is CCCCN1C(=O)c2sccc2N2C(CCC(=O)NCc3ccc(OC)cc3)=NNC12. The molecule has 1 aromatic heterocycles. The highest BCUT2D eigenvalue weighted by Gasteiger charge is 2.43. The summed E-state index contributed by atoms with van der Waals surface area (Å²) in [5.74, 6) is 1.57. The minimum absolute atomic E-state index is 0.0385. The summed E-state index contributed by atoms with van der Waals surface area (Å²) in [4.78, 5) is 29.9. The Kier molecular flexibility index (Phi) is 6.41. The maximum atomic E-state index is 12.9. The number of nitrogens with zero attached hydrogens (tertiary/aromatic N) is 3. The highest BCUT2D eigenvalue weighted by molar-refractivity contribution is 7.12. The van der Waals surface area contributed by atoms with Crippen molar-refractivity contribution in [2.24, 2.45) is 5.10 Å². The van der Waals surface area contributed by atoms with E-state index in [1.54, 1.807) is 7.11 Å². The van der Waals surface area contributed by atoms with E-state index in [-0.39, 0.29) is 18.1 Å². The van der Waals surface area contributed by atoms with Crippen LogP contribution < -0.4 is 20.4 Å². The number of amides is 2. The number of thiophene rings is 1. The second-order valence-electron chi connectivity index (χ2n) is 7.51. The van der Waals surface area contributed by atoms with Crippen LogP contribution in [0.2, 0.25) is 0 Å². The first-order valence-electron chi connectivity index (χ1n) is 10.5. The molecule has 1 aromatic carbocycles. The number of hydrogen-bond donors (Lipinski definition) is 2. The lowest BCUT2D eigenvalue weighted by Crippen LogP contribution is -2.58. The van der Waals surface area contributed by atoms with Crippen LogP contribution in [0.4, 0.5) is 5.69 Å². The monoisotopic (exact) mass is 441 g/mol. The van der Waals surface area contributed by atoms with Gasteiger partial charge in [0.15, 0.2) is 0 Å². The second-order valence-corrected chi connectivity index (χ2v) is 8.43. The molecule has 0 spiro atoms. The summed E-state index contributed by atoms with van der Waals surface area (Å²) >= 11 is 1.45. The number of anilines is 1. The van der Waals surface area contributed by atoms with Crippen LogP contribution in [-0.2, 0) is 11.3 Å². The third kappa shape index (κ3) is 4.36. The first kappa shape index (κ1) is 21.2. The number of hydrogen-bond acceptors (Lipinski definition) is 7. The van der Waals surface area contributed by atoms with E-state index in [1.165, 1.54) is 11.3 Å². The van der Waals surface area contributed by atoms with Crippen LogP contribution in [0.3, 0.4) is 0 Å². The topological polar surface area (TPSA) is 86.3 Å². The number of unbranched alkanes of at least 4 members (excludes halogenated alkanes) is 1. The number of hydrazone groups is 1. The fourth-order valence-electron chi connectivity index (χ4n) is 3.74. The molecule has 164 valence electrons. The molecule has 3 heterocycles. The van der Waals surface area contributed by atoms with E-state index >= 15 is 0 Å². The standard InChI is InChI=1S/C22H27N5O3S/c1-3-4-12-26-21(29)20-17(11-13-31-20)27-18(24-25-22(26)27)9-10-19(28)23-14-15-5-7-16(30-2)8-6-15/h5-8,11,13,22,25H,3-4,9-10,12,14H2,1-2H3,(H,23,28). The normalized spacial score (nSPS) is 17.0. The van der Waals surface area contributed by atoms with Crippen LogP contribution >= 0.6 is 11.3 Å². The maximum Gasteiger partial charge on any atom is 0.269 e. The van der Waals surface area contributed by atoms with Crippen LogP contribution in [-0.4, -0.2) is 42.5 Å². The van der Waals surface area contributed by atoms with E-state index in [0.717, 1.165) is 40.6 Å². The largest absolute Gasteiger partial charge is 0.497 e. The van der Waals surface area contributed by atoms with Gasteiger partial charge < -0.3 is 10.1 Å². The van der Waals surface area contributed by atoms with E-state index in [2.05, 4.69) is 27.7 Å². The number of fused-ring (bicyclic) bond motifs is 3. The number of nitrogens with one attached hydrogen (secondary N) is 2. The van der Waals surface area contributed by atoms with Crippen molar-refractivity contribution >= 4 is 34.7 Å². The van der Waals surface area contributed by atoms with Gasteiger partial charge in [-0.2, -0.15) is 5.10 Å². The average molecular weight is 442 g/mol. The molecule has 31 heavy (non-hydrogen) atoms. The van der Waals surface area contributed by atoms with E-state index in [0.29, 0.717) is 25.9 Å². The predicted molar refractivity (Wildman–Crippen MR) is 121 cm³/mol. The third-order valence-electron chi connectivity index (χ3n) is 5.46. The maximum absolute atomic E-state index is 12.9. The Morgan fingerprint density at radius 2 is 2.10 bits per heavy atom. The number of carbonyl (C=O) groups excluding carboxylic acids is 2. The predicted octanol–water partition coefficient (Wildman–Crippen LogP) is 3.12. The van der Waals surface area contributed by atoms with Crippen LogP contribution in [0, 0.1) is 0 Å². The Bertz CT molecular complexity index is 972. The van der Waals surface area contributed by atoms with Gasteiger partial charge in [-0.05, 0) is 35.6 Å². The number of rotatable bonds is 9. The third-order valence-corrected chi connectivity index (χ3v) is 6.35. The summed E-state index contributed by atoms with van der Waals surface area (Å²) in [6.45, 7) is 3.25. The fraction of sp³-hybridized carbons (Fsp3) is 0.409. The van der Waals surface area contributed by atoms with Crippen LogP contribution in [0.15, 0.2) is 40.8 Å². The molecule has 2 aliphatic rings. The summed E-state index contributed by atoms with van der Waals surface area (Å²) in [6.07, 6.45) is 2.43. The van der Waals surface area contributed by atoms with Crippen molar-refractivity contribution in [3.8, 4) is 5.75 Å². The van der Waals surface area contributed by atoms with Gasteiger partial charge in [-0.1, -0.05) is 25.5 Å². The molecular weight excluding hydrogens is 414 g/mol. The number of benzene rings is 1. The highest BCUT2D eigenvalue weighted by atomic mass is 32.1. The van der Waals surface area contributed by atoms with Gasteiger partial charge in [-0.3, -0.25) is 24.8 Å². The van der Waals surface area contributed by atoms with Crippen molar-refractivity contribution in [1.29, 1.82) is 0 Å². The van der Waals surface area contributed by atoms with Gasteiger partial charge in [0.2, 0.25) is 12.2 Å². The molecule has 1 unspecified atom stereocenters. The van der Waals surface area contributed by atoms with Gasteiger partial charge in [-0.25, -0.2) is 0 Å². The lowest BCUT2D eigenvalue weighted by atomic mass is 10.1. The Balaban J connectivity index is 1.36. The zero-order valence-electron chi connectivity index (χ0n) is 17.8. The molecule has 0 bridgehead atoms. The summed E-state index contributed by atoms with van der Waals surface area (Å²) in [5.41, 5.74) is 4.98. The zero-order chi connectivity index (χ0) is 21.8. The minimum atomic E-state index is -0.321. The van der Waals surface area contributed by atoms with Crippen molar-refractivity contribution < 1.29 is 14.3 Å². The van der Waals surface area contributed by atoms with Crippen LogP contribution in [0.5, 0.6) is 5.75 Å². The van der Waals surface area contributed by atoms with Gasteiger partial charge in [0.05, 0.1) is 12.8 Å². The summed E-state index contributed by atoms with van der Waals surface area (Å²) in [5, 5.41) is 9.36. The molecular formula is C22H27N5O3S. The second kappa shape index (κ2) is 9.38. The molecule has 0 saturated carbocycles. The molecule has 2 aliphatic heterocycles. The van der Waals surface area contributed by atoms with Crippen molar-refractivity contribution in [3.05, 3.63) is 46.2 Å². The molecule has 0 radical (unpaired) electrons. The van der Waals surface area contributed by atoms with Crippen molar-refractivity contribution in [2.45, 2.75) is 45.4 Å². The van der Waals surface area contributed by atoms with Gasteiger partial charge in [0.1, 0.15) is 16.5 Å². The highest BCUT2D eigenvalue weighted by Crippen LogP contribution is 2.36. The Labute approximate surface area is 185 Å². The van der Waals surface area contributed by atoms with Gasteiger partial charge in [0, 0.05) is 25.9 Å². The molecule has 1 atom stereocenters. The molecule has 2 N–H and O–H groups in total. The van der Waals surface area contributed by atoms with Crippen LogP contribution in [0.1, 0.15) is 47.8 Å². The van der Waals surface area contributed by atoms with Crippen molar-refractivity contribution in [1.82, 2.24) is 15.6 Å². The molecule has 4 rings (SSSR count). The first-order valence-corrected chi connectivity index (χ1v) is 11.4. The number of amidine groups is 1. The first-order chi connectivity index (χ1) is 15.1. The molecule has 9 heteroatoms. The summed E-state index contributed by atoms with van der Waals surface area (Å²) in [7, 11) is 1.63. The van der Waals surface area contributed by atoms with E-state index < -0.39 is 0 Å². The van der Waals surface area contributed by atoms with E-state index in [1.807, 2.05) is 40.6 Å². The van der Waals surface area contributed by atoms with Gasteiger partial charge >= 0.3 is 0 Å². The van der Waals surface area contributed by atoms with Crippen LogP contribution in [0.25, 0.3) is 0 Å². The smallest absolute Gasteiger partial charge is 0.269 e. The lowest BCUT2D eigenvalue weighted by molar-refractivity contribution is -0.121. The van der Waals surface area contributed by atoms with Gasteiger partial charge in [-0.15, -0.1) is 11.3 Å². The molecule has 0 saturated heterocycles. The average Bonchev–Trinajstić information content (AvgIpc) is 3.44. The number of carbonyl (C=O) groups is 2. The summed E-state index contributed by atoms with van der Waals surface area (Å²) < 4.78 is 5.15. The molecule has 2 aromatic rings. The van der Waals surface area contributed by atoms with E-state index in [9.17, 15) is 9.59 Å². The Morgan fingerprint density at radius 1 is 1.29 bits per heavy atom. The molecule has 2 amide bonds. The zero-order valence-corrected chi connectivity index (χ0v) is 18.6. The fourth-order valence-corrected chi connectivity index (χ4v) is 4.58.